The summed E-state index contributed by atoms with van der Waals surface area (Å²) < 4.78 is 26.7. The van der Waals surface area contributed by atoms with Gasteiger partial charge in [-0.05, 0) is 42.5 Å². The molecule has 29 heavy (non-hydrogen) atoms. The number of anilines is 1. The maximum absolute atomic E-state index is 12.6. The topological polar surface area (TPSA) is 69.7 Å². The average Bonchev–Trinajstić information content (AvgIpc) is 2.70. The smallest absolute Gasteiger partial charge is 0.252 e. The van der Waals surface area contributed by atoms with Gasteiger partial charge in [0, 0.05) is 48.5 Å². The molecule has 1 aliphatic rings. The Morgan fingerprint density at radius 3 is 2.21 bits per heavy atom. The first-order chi connectivity index (χ1) is 13.8. The van der Waals surface area contributed by atoms with Crippen LogP contribution in [-0.2, 0) is 10.0 Å². The highest BCUT2D eigenvalue weighted by molar-refractivity contribution is 7.89. The summed E-state index contributed by atoms with van der Waals surface area (Å²) in [5.74, 6) is -0.641. The van der Waals surface area contributed by atoms with E-state index in [1.165, 1.54) is 16.4 Å². The van der Waals surface area contributed by atoms with Crippen molar-refractivity contribution in [3.63, 3.8) is 0 Å². The second-order valence-electron chi connectivity index (χ2n) is 6.56. The van der Waals surface area contributed by atoms with Crippen molar-refractivity contribution in [2.24, 2.45) is 0 Å². The Bertz CT molecular complexity index is 976. The van der Waals surface area contributed by atoms with E-state index < -0.39 is 15.9 Å². The summed E-state index contributed by atoms with van der Waals surface area (Å²) in [6, 6.07) is 12.0. The number of rotatable bonds is 6. The van der Waals surface area contributed by atoms with Gasteiger partial charge in [-0.2, -0.15) is 4.31 Å². The van der Waals surface area contributed by atoms with Gasteiger partial charge < -0.3 is 10.2 Å². The van der Waals surface area contributed by atoms with Crippen LogP contribution in [0.2, 0.25) is 15.1 Å². The molecule has 0 radical (unpaired) electrons. The Kier molecular flexibility index (Phi) is 7.29. The van der Waals surface area contributed by atoms with E-state index in [1.807, 2.05) is 24.3 Å². The van der Waals surface area contributed by atoms with E-state index in [0.717, 1.165) is 5.69 Å². The number of hydrogen-bond donors (Lipinski definition) is 1. The van der Waals surface area contributed by atoms with Gasteiger partial charge in [0.25, 0.3) is 5.91 Å². The van der Waals surface area contributed by atoms with Crippen LogP contribution in [0.25, 0.3) is 0 Å². The number of piperazine rings is 1. The zero-order valence-corrected chi connectivity index (χ0v) is 18.5. The Balaban J connectivity index is 1.51. The first-order valence-electron chi connectivity index (χ1n) is 8.98. The van der Waals surface area contributed by atoms with Gasteiger partial charge in [0.15, 0.2) is 0 Å². The Hall–Kier alpha value is -1.51. The molecule has 0 bridgehead atoms. The summed E-state index contributed by atoms with van der Waals surface area (Å²) in [5.41, 5.74) is 1.23. The zero-order valence-electron chi connectivity index (χ0n) is 15.4. The molecule has 0 aromatic heterocycles. The minimum absolute atomic E-state index is 0.0125. The molecule has 156 valence electrons. The third kappa shape index (κ3) is 5.77. The molecule has 0 unspecified atom stereocenters. The number of carbonyl (C=O) groups is 1. The third-order valence-electron chi connectivity index (χ3n) is 4.64. The van der Waals surface area contributed by atoms with Crippen LogP contribution in [0.5, 0.6) is 0 Å². The lowest BCUT2D eigenvalue weighted by Crippen LogP contribution is -2.50. The van der Waals surface area contributed by atoms with Crippen molar-refractivity contribution in [2.45, 2.75) is 0 Å². The molecule has 10 heteroatoms. The quantitative estimate of drug-likeness (QED) is 0.692. The number of benzene rings is 2. The van der Waals surface area contributed by atoms with Crippen LogP contribution < -0.4 is 10.2 Å². The van der Waals surface area contributed by atoms with Crippen LogP contribution in [0.1, 0.15) is 10.4 Å². The SMILES string of the molecule is O=C(NCCS(=O)(=O)N1CCN(c2ccc(Cl)cc2)CC1)c1cc(Cl)ccc1Cl. The van der Waals surface area contributed by atoms with Gasteiger partial charge in [-0.3, -0.25) is 4.79 Å². The van der Waals surface area contributed by atoms with Gasteiger partial charge in [0.2, 0.25) is 10.0 Å². The van der Waals surface area contributed by atoms with Crippen molar-refractivity contribution in [1.82, 2.24) is 9.62 Å². The summed E-state index contributed by atoms with van der Waals surface area (Å²) in [5, 5.41) is 3.89. The molecular formula is C19H20Cl3N3O3S. The van der Waals surface area contributed by atoms with E-state index in [0.29, 0.717) is 36.2 Å². The number of nitrogens with zero attached hydrogens (tertiary/aromatic N) is 2. The van der Waals surface area contributed by atoms with Gasteiger partial charge >= 0.3 is 0 Å². The highest BCUT2D eigenvalue weighted by atomic mass is 35.5. The molecule has 1 amide bonds. The molecule has 6 nitrogen and oxygen atoms in total. The van der Waals surface area contributed by atoms with E-state index in [-0.39, 0.29) is 22.9 Å². The van der Waals surface area contributed by atoms with Gasteiger partial charge in [0.05, 0.1) is 16.3 Å². The number of hydrogen-bond acceptors (Lipinski definition) is 4. The normalized spacial score (nSPS) is 15.3. The monoisotopic (exact) mass is 475 g/mol. The summed E-state index contributed by atoms with van der Waals surface area (Å²) in [4.78, 5) is 14.3. The fourth-order valence-electron chi connectivity index (χ4n) is 3.07. The fourth-order valence-corrected chi connectivity index (χ4v) is 4.91. The standard InChI is InChI=1S/C19H20Cl3N3O3S/c20-14-1-4-16(5-2-14)24-8-10-25(11-9-24)29(27,28)12-7-23-19(26)17-13-15(21)3-6-18(17)22/h1-6,13H,7-12H2,(H,23,26). The van der Waals surface area contributed by atoms with Crippen molar-refractivity contribution >= 4 is 56.4 Å². The molecule has 0 atom stereocenters. The lowest BCUT2D eigenvalue weighted by atomic mass is 10.2. The molecule has 2 aromatic carbocycles. The molecule has 3 rings (SSSR count). The molecule has 0 aliphatic carbocycles. The second-order valence-corrected chi connectivity index (χ2v) is 9.93. The van der Waals surface area contributed by atoms with Crippen molar-refractivity contribution in [3.05, 3.63) is 63.1 Å². The zero-order chi connectivity index (χ0) is 21.0. The van der Waals surface area contributed by atoms with Gasteiger partial charge in [-0.15, -0.1) is 0 Å². The van der Waals surface area contributed by atoms with Crippen LogP contribution in [0.3, 0.4) is 0 Å². The van der Waals surface area contributed by atoms with Crippen molar-refractivity contribution in [1.29, 1.82) is 0 Å². The molecular weight excluding hydrogens is 457 g/mol. The van der Waals surface area contributed by atoms with Gasteiger partial charge in [-0.25, -0.2) is 8.42 Å². The molecule has 1 saturated heterocycles. The van der Waals surface area contributed by atoms with E-state index in [9.17, 15) is 13.2 Å². The van der Waals surface area contributed by atoms with Crippen LogP contribution >= 0.6 is 34.8 Å². The Morgan fingerprint density at radius 2 is 1.55 bits per heavy atom. The summed E-state index contributed by atoms with van der Waals surface area (Å²) in [6.07, 6.45) is 0. The third-order valence-corrected chi connectivity index (χ3v) is 7.33. The fraction of sp³-hybridized carbons (Fsp3) is 0.316. The number of amides is 1. The van der Waals surface area contributed by atoms with E-state index in [4.69, 9.17) is 34.8 Å². The van der Waals surface area contributed by atoms with Crippen molar-refractivity contribution in [2.75, 3.05) is 43.4 Å². The molecule has 1 aliphatic heterocycles. The number of carbonyl (C=O) groups excluding carboxylic acids is 1. The Morgan fingerprint density at radius 1 is 0.931 bits per heavy atom. The minimum Gasteiger partial charge on any atom is -0.369 e. The number of halogens is 3. The largest absolute Gasteiger partial charge is 0.369 e. The first kappa shape index (κ1) is 22.2. The van der Waals surface area contributed by atoms with E-state index in [2.05, 4.69) is 10.2 Å². The van der Waals surface area contributed by atoms with E-state index in [1.54, 1.807) is 6.07 Å². The Labute approximate surface area is 185 Å². The first-order valence-corrected chi connectivity index (χ1v) is 11.7. The lowest BCUT2D eigenvalue weighted by molar-refractivity contribution is 0.0956. The average molecular weight is 477 g/mol. The van der Waals surface area contributed by atoms with Crippen LogP contribution in [0.4, 0.5) is 5.69 Å². The highest BCUT2D eigenvalue weighted by Gasteiger charge is 2.27. The van der Waals surface area contributed by atoms with Gasteiger partial charge in [0.1, 0.15) is 0 Å². The number of nitrogens with one attached hydrogen (secondary N) is 1. The predicted molar refractivity (Wildman–Crippen MR) is 118 cm³/mol. The van der Waals surface area contributed by atoms with Crippen LogP contribution in [0.15, 0.2) is 42.5 Å². The van der Waals surface area contributed by atoms with Crippen LogP contribution in [-0.4, -0.2) is 57.1 Å². The van der Waals surface area contributed by atoms with Crippen molar-refractivity contribution < 1.29 is 13.2 Å². The summed E-state index contributed by atoms with van der Waals surface area (Å²) in [6.45, 7) is 1.94. The summed E-state index contributed by atoms with van der Waals surface area (Å²) in [7, 11) is -3.48. The maximum atomic E-state index is 12.6. The maximum Gasteiger partial charge on any atom is 0.252 e. The molecule has 1 heterocycles. The van der Waals surface area contributed by atoms with E-state index >= 15 is 0 Å². The predicted octanol–water partition coefficient (Wildman–Crippen LogP) is 3.53. The second kappa shape index (κ2) is 9.53. The highest BCUT2D eigenvalue weighted by Crippen LogP contribution is 2.21. The molecule has 0 spiro atoms. The molecule has 0 saturated carbocycles. The van der Waals surface area contributed by atoms with Gasteiger partial charge in [-0.1, -0.05) is 34.8 Å². The summed E-state index contributed by atoms with van der Waals surface area (Å²) >= 11 is 17.8. The van der Waals surface area contributed by atoms with Crippen molar-refractivity contribution in [3.8, 4) is 0 Å². The molecule has 1 N–H and O–H groups in total. The molecule has 2 aromatic rings. The number of sulfonamides is 1. The lowest BCUT2D eigenvalue weighted by Gasteiger charge is -2.35. The minimum atomic E-state index is -3.48. The molecule has 1 fully saturated rings. The van der Waals surface area contributed by atoms with Crippen LogP contribution in [0, 0.1) is 0 Å².